The van der Waals surface area contributed by atoms with Crippen molar-refractivity contribution in [3.05, 3.63) is 34.4 Å². The molecular weight excluding hydrogens is 254 g/mol. The molecule has 1 unspecified atom stereocenters. The van der Waals surface area contributed by atoms with E-state index in [-0.39, 0.29) is 11.9 Å². The van der Waals surface area contributed by atoms with Gasteiger partial charge in [-0.15, -0.1) is 0 Å². The molecular formula is C16H21NO3. The molecule has 0 radical (unpaired) electrons. The molecule has 1 fully saturated rings. The summed E-state index contributed by atoms with van der Waals surface area (Å²) < 4.78 is 0. The quantitative estimate of drug-likeness (QED) is 0.919. The molecule has 2 rings (SSSR count). The van der Waals surface area contributed by atoms with Crippen LogP contribution in [0.15, 0.2) is 12.1 Å². The Morgan fingerprint density at radius 1 is 1.15 bits per heavy atom. The first kappa shape index (κ1) is 14.6. The Kier molecular flexibility index (Phi) is 3.84. The number of aryl methyl sites for hydroxylation is 3. The van der Waals surface area contributed by atoms with Crippen LogP contribution >= 0.6 is 0 Å². The monoisotopic (exact) mass is 275 g/mol. The third kappa shape index (κ3) is 2.69. The second-order valence-electron chi connectivity index (χ2n) is 5.69. The van der Waals surface area contributed by atoms with Crippen LogP contribution in [0.5, 0.6) is 0 Å². The van der Waals surface area contributed by atoms with Gasteiger partial charge in [0.25, 0.3) is 0 Å². The third-order valence-corrected chi connectivity index (χ3v) is 3.99. The summed E-state index contributed by atoms with van der Waals surface area (Å²) in [7, 11) is 0. The van der Waals surface area contributed by atoms with E-state index in [1.165, 1.54) is 11.8 Å². The number of hydrogen-bond donors (Lipinski definition) is 1. The fourth-order valence-electron chi connectivity index (χ4n) is 2.68. The number of carboxylic acids is 1. The summed E-state index contributed by atoms with van der Waals surface area (Å²) in [6.07, 6.45) is 1.79. The van der Waals surface area contributed by atoms with E-state index in [1.807, 2.05) is 32.9 Å². The molecule has 108 valence electrons. The van der Waals surface area contributed by atoms with Crippen molar-refractivity contribution in [1.29, 1.82) is 0 Å². The lowest BCUT2D eigenvalue weighted by atomic mass is 9.94. The van der Waals surface area contributed by atoms with Gasteiger partial charge in [-0.05, 0) is 55.9 Å². The highest BCUT2D eigenvalue weighted by Gasteiger charge is 2.40. The van der Waals surface area contributed by atoms with Crippen LogP contribution in [-0.4, -0.2) is 27.9 Å². The predicted octanol–water partition coefficient (Wildman–Crippen LogP) is 2.75. The molecule has 1 aliphatic rings. The highest BCUT2D eigenvalue weighted by atomic mass is 16.4. The fraction of sp³-hybridized carbons (Fsp3) is 0.500. The molecule has 0 heterocycles. The predicted molar refractivity (Wildman–Crippen MR) is 76.6 cm³/mol. The topological polar surface area (TPSA) is 57.6 Å². The van der Waals surface area contributed by atoms with E-state index in [2.05, 4.69) is 0 Å². The Morgan fingerprint density at radius 2 is 1.70 bits per heavy atom. The molecule has 0 aromatic heterocycles. The number of carboxylic acid groups (broad SMARTS) is 1. The van der Waals surface area contributed by atoms with Crippen LogP contribution in [0.1, 0.15) is 48.1 Å². The lowest BCUT2D eigenvalue weighted by molar-refractivity contribution is -0.150. The number of aliphatic carboxylic acids is 1. The van der Waals surface area contributed by atoms with Gasteiger partial charge in [-0.1, -0.05) is 12.1 Å². The Bertz CT molecular complexity index is 561. The van der Waals surface area contributed by atoms with Crippen molar-refractivity contribution in [3.63, 3.8) is 0 Å². The smallest absolute Gasteiger partial charge is 0.331 e. The summed E-state index contributed by atoms with van der Waals surface area (Å²) in [6, 6.07) is 3.10. The van der Waals surface area contributed by atoms with Crippen LogP contribution < -0.4 is 0 Å². The molecule has 20 heavy (non-hydrogen) atoms. The van der Waals surface area contributed by atoms with Crippen molar-refractivity contribution in [2.45, 2.75) is 52.6 Å². The lowest BCUT2D eigenvalue weighted by Gasteiger charge is -2.29. The zero-order valence-corrected chi connectivity index (χ0v) is 12.4. The summed E-state index contributed by atoms with van der Waals surface area (Å²) in [5, 5.41) is 9.61. The van der Waals surface area contributed by atoms with E-state index in [0.29, 0.717) is 0 Å². The van der Waals surface area contributed by atoms with Gasteiger partial charge >= 0.3 is 5.97 Å². The van der Waals surface area contributed by atoms with Crippen LogP contribution in [0.4, 0.5) is 0 Å². The average molecular weight is 275 g/mol. The zero-order chi connectivity index (χ0) is 15.0. The molecule has 0 aliphatic heterocycles. The highest BCUT2D eigenvalue weighted by Crippen LogP contribution is 2.36. The minimum atomic E-state index is -0.960. The molecule has 1 saturated carbocycles. The number of hydrogen-bond acceptors (Lipinski definition) is 2. The third-order valence-electron chi connectivity index (χ3n) is 3.99. The molecule has 1 aromatic rings. The molecule has 1 aromatic carbocycles. The van der Waals surface area contributed by atoms with E-state index in [1.54, 1.807) is 0 Å². The average Bonchev–Trinajstić information content (AvgIpc) is 3.14. The summed E-state index contributed by atoms with van der Waals surface area (Å²) in [5.41, 5.74) is 3.84. The van der Waals surface area contributed by atoms with Crippen molar-refractivity contribution in [3.8, 4) is 0 Å². The molecule has 1 atom stereocenters. The SMILES string of the molecule is CC(=O)N(C1CC1)C(C(=O)O)c1cc(C)c(C)cc1C. The van der Waals surface area contributed by atoms with Gasteiger partial charge in [0.2, 0.25) is 5.91 Å². The van der Waals surface area contributed by atoms with Crippen molar-refractivity contribution < 1.29 is 14.7 Å². The standard InChI is InChI=1S/C16H21NO3/c1-9-7-11(3)14(8-10(9)2)15(16(19)20)17(12(4)18)13-5-6-13/h7-8,13,15H,5-6H2,1-4H3,(H,19,20). The number of carbonyl (C=O) groups is 2. The van der Waals surface area contributed by atoms with Crippen molar-refractivity contribution in [2.75, 3.05) is 0 Å². The van der Waals surface area contributed by atoms with Gasteiger partial charge in [-0.3, -0.25) is 4.79 Å². The number of carbonyl (C=O) groups excluding carboxylic acids is 1. The minimum absolute atomic E-state index is 0.0783. The largest absolute Gasteiger partial charge is 0.479 e. The van der Waals surface area contributed by atoms with E-state index in [0.717, 1.165) is 35.1 Å². The first-order valence-electron chi connectivity index (χ1n) is 6.92. The maximum atomic E-state index is 11.9. The molecule has 0 saturated heterocycles. The van der Waals surface area contributed by atoms with Gasteiger partial charge in [0.1, 0.15) is 0 Å². The van der Waals surface area contributed by atoms with Gasteiger partial charge in [0.15, 0.2) is 6.04 Å². The highest BCUT2D eigenvalue weighted by molar-refractivity contribution is 5.84. The van der Waals surface area contributed by atoms with E-state index >= 15 is 0 Å². The van der Waals surface area contributed by atoms with Gasteiger partial charge < -0.3 is 10.0 Å². The maximum absolute atomic E-state index is 11.9. The Balaban J connectivity index is 2.50. The summed E-state index contributed by atoms with van der Waals surface area (Å²) in [6.45, 7) is 7.32. The van der Waals surface area contributed by atoms with Crippen molar-refractivity contribution in [1.82, 2.24) is 4.90 Å². The molecule has 1 aliphatic carbocycles. The molecule has 0 bridgehead atoms. The second-order valence-corrected chi connectivity index (χ2v) is 5.69. The Hall–Kier alpha value is -1.84. The summed E-state index contributed by atoms with van der Waals surface area (Å²) >= 11 is 0. The van der Waals surface area contributed by atoms with Crippen LogP contribution in [0.3, 0.4) is 0 Å². The molecule has 1 amide bonds. The van der Waals surface area contributed by atoms with Crippen molar-refractivity contribution >= 4 is 11.9 Å². The van der Waals surface area contributed by atoms with E-state index in [4.69, 9.17) is 0 Å². The summed E-state index contributed by atoms with van der Waals surface area (Å²) in [4.78, 5) is 25.1. The number of amides is 1. The van der Waals surface area contributed by atoms with Crippen LogP contribution in [0.2, 0.25) is 0 Å². The van der Waals surface area contributed by atoms with Crippen LogP contribution in [0.25, 0.3) is 0 Å². The first-order valence-corrected chi connectivity index (χ1v) is 6.92. The maximum Gasteiger partial charge on any atom is 0.331 e. The Morgan fingerprint density at radius 3 is 2.15 bits per heavy atom. The van der Waals surface area contributed by atoms with Gasteiger partial charge in [0.05, 0.1) is 0 Å². The van der Waals surface area contributed by atoms with Crippen LogP contribution in [-0.2, 0) is 9.59 Å². The normalized spacial score (nSPS) is 15.8. The fourth-order valence-corrected chi connectivity index (χ4v) is 2.68. The summed E-state index contributed by atoms with van der Waals surface area (Å²) in [5.74, 6) is -1.13. The van der Waals surface area contributed by atoms with E-state index in [9.17, 15) is 14.7 Å². The Labute approximate surface area is 119 Å². The minimum Gasteiger partial charge on any atom is -0.479 e. The van der Waals surface area contributed by atoms with Gasteiger partial charge in [-0.2, -0.15) is 0 Å². The first-order chi connectivity index (χ1) is 9.32. The molecule has 4 heteroatoms. The number of rotatable bonds is 4. The second kappa shape index (κ2) is 5.27. The van der Waals surface area contributed by atoms with Crippen LogP contribution in [0, 0.1) is 20.8 Å². The number of nitrogens with zero attached hydrogens (tertiary/aromatic N) is 1. The molecule has 0 spiro atoms. The van der Waals surface area contributed by atoms with Gasteiger partial charge in [0, 0.05) is 13.0 Å². The lowest BCUT2D eigenvalue weighted by Crippen LogP contribution is -2.39. The molecule has 1 N–H and O–H groups in total. The van der Waals surface area contributed by atoms with Crippen molar-refractivity contribution in [2.24, 2.45) is 0 Å². The number of benzene rings is 1. The zero-order valence-electron chi connectivity index (χ0n) is 12.4. The van der Waals surface area contributed by atoms with Gasteiger partial charge in [-0.25, -0.2) is 4.79 Å². The van der Waals surface area contributed by atoms with E-state index < -0.39 is 12.0 Å². The molecule has 4 nitrogen and oxygen atoms in total.